The molecule has 74 heavy (non-hydrogen) atoms. The van der Waals surface area contributed by atoms with Crippen molar-refractivity contribution in [1.29, 1.82) is 0 Å². The first-order chi connectivity index (χ1) is 33.7. The van der Waals surface area contributed by atoms with Gasteiger partial charge in [-0.1, -0.05) is 211 Å². The number of rotatable bonds is 8. The second kappa shape index (κ2) is 32.2. The number of benzene rings is 4. The summed E-state index contributed by atoms with van der Waals surface area (Å²) in [5.41, 5.74) is 23.7. The van der Waals surface area contributed by atoms with E-state index in [4.69, 9.17) is 0 Å². The van der Waals surface area contributed by atoms with E-state index in [1.807, 2.05) is 0 Å². The van der Waals surface area contributed by atoms with Crippen LogP contribution in [-0.2, 0) is 46.7 Å². The van der Waals surface area contributed by atoms with Crippen molar-refractivity contribution in [2.24, 2.45) is 0 Å². The maximum atomic E-state index is 2.34. The van der Waals surface area contributed by atoms with E-state index in [1.165, 1.54) is 158 Å². The van der Waals surface area contributed by atoms with Gasteiger partial charge in [0.05, 0.1) is 0 Å². The molecule has 8 aromatic carbocycles. The predicted molar refractivity (Wildman–Crippen MR) is 325 cm³/mol. The molecule has 0 aliphatic heterocycles. The molecule has 0 saturated heterocycles. The number of hydrogen-bond acceptors (Lipinski definition) is 0. The van der Waals surface area contributed by atoms with Gasteiger partial charge in [-0.15, -0.1) is 136 Å². The maximum absolute atomic E-state index is 2.34. The molecule has 0 fully saturated rings. The van der Waals surface area contributed by atoms with E-state index in [0.29, 0.717) is 23.7 Å². The average molecular weight is 1220 g/mol. The van der Waals surface area contributed by atoms with Gasteiger partial charge in [0.1, 0.15) is 0 Å². The van der Waals surface area contributed by atoms with E-state index < -0.39 is 0 Å². The minimum absolute atomic E-state index is 0. The van der Waals surface area contributed by atoms with Gasteiger partial charge in [-0.05, 0) is 23.7 Å². The molecule has 0 radical (unpaired) electrons. The van der Waals surface area contributed by atoms with Crippen LogP contribution in [0.5, 0.6) is 0 Å². The van der Waals surface area contributed by atoms with Crippen molar-refractivity contribution in [2.45, 2.75) is 214 Å². The molecule has 4 atom stereocenters. The van der Waals surface area contributed by atoms with Crippen molar-refractivity contribution in [3.63, 3.8) is 0 Å². The molecule has 6 heteroatoms. The molecule has 0 nitrogen and oxygen atoms in total. The van der Waals surface area contributed by atoms with Gasteiger partial charge in [0, 0.05) is 0 Å². The van der Waals surface area contributed by atoms with Gasteiger partial charge in [0.15, 0.2) is 0 Å². The fourth-order valence-electron chi connectivity index (χ4n) is 9.99. The molecule has 4 unspecified atom stereocenters. The molecule has 0 aromatic heterocycles. The fourth-order valence-corrected chi connectivity index (χ4v) is 9.99. The molecule has 0 bridgehead atoms. The summed E-state index contributed by atoms with van der Waals surface area (Å²) < 4.78 is 0. The monoisotopic (exact) mass is 1220 g/mol. The SMILES string of the molecule is CCC(C)c1ccc(C)c2[cH-]c(C)c(C)c12.CCC(C)c1ccc(C)c2[cH-]c(C)c(C)c12.CCC(C)c1ccc(C)c2[cH-]c(C)c(C)c12.CCC(C)c1ccc(C)c2[cH-]c(C)c(C)c12.C[Si](C)=[Zr+2].C[Si](C)=[Zr+2].[Cl-].[Cl-]. The maximum Gasteiger partial charge on any atom is -1.00 e. The molecule has 0 saturated carbocycles. The van der Waals surface area contributed by atoms with Crippen molar-refractivity contribution in [1.82, 2.24) is 0 Å². The first kappa shape index (κ1) is 70.1. The van der Waals surface area contributed by atoms with Crippen molar-refractivity contribution >= 4 is 54.0 Å². The van der Waals surface area contributed by atoms with Gasteiger partial charge in [-0.2, -0.15) is 22.3 Å². The zero-order chi connectivity index (χ0) is 54.6. The molecule has 0 spiro atoms. The summed E-state index contributed by atoms with van der Waals surface area (Å²) in [5, 5.41) is 11.8. The Kier molecular flexibility index (Phi) is 30.5. The van der Waals surface area contributed by atoms with E-state index in [1.54, 1.807) is 46.7 Å². The summed E-state index contributed by atoms with van der Waals surface area (Å²) in [5.74, 6) is 2.62. The van der Waals surface area contributed by atoms with Crippen molar-refractivity contribution < 1.29 is 71.5 Å². The van der Waals surface area contributed by atoms with Crippen molar-refractivity contribution in [3.8, 4) is 0 Å². The third-order valence-corrected chi connectivity index (χ3v) is 15.9. The van der Waals surface area contributed by atoms with Gasteiger partial charge in [-0.3, -0.25) is 0 Å². The summed E-state index contributed by atoms with van der Waals surface area (Å²) in [6.07, 6.45) is 4.84. The van der Waals surface area contributed by atoms with Gasteiger partial charge in [-0.25, -0.2) is 0 Å². The van der Waals surface area contributed by atoms with E-state index in [9.17, 15) is 0 Å². The fraction of sp³-hybridized carbons (Fsp3) is 0.471. The van der Waals surface area contributed by atoms with Crippen LogP contribution in [0.2, 0.25) is 26.2 Å². The average Bonchev–Trinajstić information content (AvgIpc) is 4.03. The Morgan fingerprint density at radius 2 is 0.486 bits per heavy atom. The van der Waals surface area contributed by atoms with E-state index in [0.717, 1.165) is 0 Å². The number of hydrogen-bond donors (Lipinski definition) is 0. The Bertz CT molecular complexity index is 2680. The third-order valence-electron chi connectivity index (χ3n) is 15.9. The van der Waals surface area contributed by atoms with Gasteiger partial charge in [0.2, 0.25) is 0 Å². The summed E-state index contributed by atoms with van der Waals surface area (Å²) in [6.45, 7) is 54.3. The summed E-state index contributed by atoms with van der Waals surface area (Å²) in [6, 6.07) is 27.7. The van der Waals surface area contributed by atoms with Crippen LogP contribution in [0.15, 0.2) is 72.8 Å². The standard InChI is InChI=1S/4C16H21.2C2H6Si.2ClH.2Zr/c4*1-6-10(2)14-8-7-11(3)15-9-12(4)13(5)16(14)15;2*1-3-2;;;;/h4*7-10H,6H2,1-5H3;2*1-2H3;2*1H;;/q4*-1;;;;;2*+2/p-2. The second-order valence-electron chi connectivity index (χ2n) is 22.1. The van der Waals surface area contributed by atoms with Crippen LogP contribution in [-0.4, -0.2) is 10.9 Å². The van der Waals surface area contributed by atoms with Crippen LogP contribution in [0.3, 0.4) is 0 Å². The van der Waals surface area contributed by atoms with Crippen molar-refractivity contribution in [3.05, 3.63) is 162 Å². The van der Waals surface area contributed by atoms with Crippen LogP contribution in [0.25, 0.3) is 43.1 Å². The van der Waals surface area contributed by atoms with Crippen LogP contribution >= 0.6 is 0 Å². The molecular weight excluding hydrogens is 1130 g/mol. The third kappa shape index (κ3) is 17.6. The zero-order valence-corrected chi connectivity index (χ0v) is 59.2. The first-order valence-electron chi connectivity index (χ1n) is 27.4. The molecule has 0 aliphatic carbocycles. The molecule has 0 heterocycles. The molecule has 0 aliphatic rings. The smallest absolute Gasteiger partial charge is 1.00 e. The minimum atomic E-state index is 0. The van der Waals surface area contributed by atoms with Gasteiger partial charge < -0.3 is 24.8 Å². The van der Waals surface area contributed by atoms with Crippen LogP contribution in [0.1, 0.15) is 194 Å². The van der Waals surface area contributed by atoms with Crippen LogP contribution in [0, 0.1) is 83.1 Å². The summed E-state index contributed by atoms with van der Waals surface area (Å²) >= 11 is 3.48. The molecule has 0 N–H and O–H groups in total. The second-order valence-corrected chi connectivity index (χ2v) is 40.8. The Morgan fingerprint density at radius 3 is 0.622 bits per heavy atom. The molecule has 0 amide bonds. The van der Waals surface area contributed by atoms with E-state index in [2.05, 4.69) is 237 Å². The zero-order valence-electron chi connectivity index (χ0n) is 50.8. The minimum Gasteiger partial charge on any atom is -1.00 e. The summed E-state index contributed by atoms with van der Waals surface area (Å²) in [7, 11) is 0. The van der Waals surface area contributed by atoms with Gasteiger partial charge >= 0.3 is 83.7 Å². The number of halogens is 2. The predicted octanol–water partition coefficient (Wildman–Crippen LogP) is 15.6. The van der Waals surface area contributed by atoms with E-state index >= 15 is 0 Å². The molecule has 8 rings (SSSR count). The Labute approximate surface area is 496 Å². The summed E-state index contributed by atoms with van der Waals surface area (Å²) in [4.78, 5) is 0. The Balaban J connectivity index is 0.000000466. The Hall–Kier alpha value is -1.90. The topological polar surface area (TPSA) is 0 Å². The first-order valence-corrected chi connectivity index (χ1v) is 39.8. The van der Waals surface area contributed by atoms with E-state index in [-0.39, 0.29) is 35.7 Å². The normalized spacial score (nSPS) is 12.3. The Morgan fingerprint density at radius 1 is 0.338 bits per heavy atom. The molecule has 8 aromatic rings. The van der Waals surface area contributed by atoms with Gasteiger partial charge in [0.25, 0.3) is 0 Å². The van der Waals surface area contributed by atoms with Crippen LogP contribution in [0.4, 0.5) is 0 Å². The number of fused-ring (bicyclic) bond motifs is 4. The number of aryl methyl sites for hydroxylation is 12. The largest absolute Gasteiger partial charge is 1.00 e. The molecule has 400 valence electrons. The molecular formula is C68H96Cl2Si2Zr2-2. The quantitative estimate of drug-likeness (QED) is 0.105. The van der Waals surface area contributed by atoms with Crippen LogP contribution < -0.4 is 24.8 Å². The van der Waals surface area contributed by atoms with Crippen molar-refractivity contribution in [2.75, 3.05) is 0 Å².